The highest BCUT2D eigenvalue weighted by molar-refractivity contribution is 9.09. The van der Waals surface area contributed by atoms with Gasteiger partial charge >= 0.3 is 0 Å². The fraction of sp³-hybridized carbons (Fsp3) is 0.667. The molecule has 1 nitrogen and oxygen atoms in total. The molecule has 0 aromatic carbocycles. The predicted molar refractivity (Wildman–Crippen MR) is 39.4 cm³/mol. The summed E-state index contributed by atoms with van der Waals surface area (Å²) in [4.78, 5) is 0. The lowest BCUT2D eigenvalue weighted by Gasteiger charge is -1.92. The highest BCUT2D eigenvalue weighted by Gasteiger charge is 1.77. The van der Waals surface area contributed by atoms with Crippen LogP contribution in [0, 0.1) is 0 Å². The van der Waals surface area contributed by atoms with Gasteiger partial charge in [0.15, 0.2) is 0 Å². The molecule has 0 rings (SSSR count). The Kier molecular flexibility index (Phi) is 7.34. The summed E-state index contributed by atoms with van der Waals surface area (Å²) in [5.74, 6) is 0. The predicted octanol–water partition coefficient (Wildman–Crippen LogP) is 1.97. The first-order valence-electron chi connectivity index (χ1n) is 2.66. The molecule has 0 aromatic heterocycles. The number of allylic oxidation sites excluding steroid dienone is 1. The van der Waals surface area contributed by atoms with E-state index in [0.717, 1.165) is 18.5 Å². The Bertz CT molecular complexity index is 61.5. The van der Waals surface area contributed by atoms with Gasteiger partial charge in [-0.2, -0.15) is 0 Å². The molecule has 0 amide bonds. The normalized spacial score (nSPS) is 10.8. The number of halogens is 1. The first-order chi connectivity index (χ1) is 3.91. The molecular formula is C6H11BrO. The molecule has 8 heavy (non-hydrogen) atoms. The fourth-order valence-corrected chi connectivity index (χ4v) is 0.531. The van der Waals surface area contributed by atoms with Gasteiger partial charge in [0.2, 0.25) is 0 Å². The topological polar surface area (TPSA) is 9.23 Å². The summed E-state index contributed by atoms with van der Waals surface area (Å²) in [7, 11) is 0. The minimum absolute atomic E-state index is 0.738. The van der Waals surface area contributed by atoms with Crippen LogP contribution in [0.2, 0.25) is 0 Å². The van der Waals surface area contributed by atoms with Crippen molar-refractivity contribution in [3.8, 4) is 0 Å². The van der Waals surface area contributed by atoms with E-state index in [9.17, 15) is 0 Å². The van der Waals surface area contributed by atoms with E-state index in [0.29, 0.717) is 0 Å². The molecule has 0 fully saturated rings. The number of hydrogen-bond acceptors (Lipinski definition) is 1. The summed E-state index contributed by atoms with van der Waals surface area (Å²) in [5, 5.41) is 0.921. The third-order valence-corrected chi connectivity index (χ3v) is 0.995. The number of alkyl halides is 1. The van der Waals surface area contributed by atoms with Crippen molar-refractivity contribution in [2.24, 2.45) is 0 Å². The SMILES string of the molecule is CC=CCOCCBr. The zero-order valence-electron chi connectivity index (χ0n) is 5.06. The Balaban J connectivity index is 2.72. The van der Waals surface area contributed by atoms with Crippen molar-refractivity contribution in [3.05, 3.63) is 12.2 Å². The molecule has 0 aliphatic carbocycles. The Hall–Kier alpha value is 0.180. The van der Waals surface area contributed by atoms with Crippen LogP contribution in [0.4, 0.5) is 0 Å². The van der Waals surface area contributed by atoms with E-state index in [1.54, 1.807) is 0 Å². The monoisotopic (exact) mass is 178 g/mol. The van der Waals surface area contributed by atoms with Gasteiger partial charge in [0.05, 0.1) is 13.2 Å². The molecule has 0 N–H and O–H groups in total. The van der Waals surface area contributed by atoms with Gasteiger partial charge in [0, 0.05) is 5.33 Å². The van der Waals surface area contributed by atoms with Gasteiger partial charge in [-0.05, 0) is 6.92 Å². The zero-order valence-corrected chi connectivity index (χ0v) is 6.65. The number of rotatable bonds is 4. The van der Waals surface area contributed by atoms with Gasteiger partial charge in [-0.15, -0.1) is 0 Å². The van der Waals surface area contributed by atoms with Crippen molar-refractivity contribution in [2.45, 2.75) is 6.92 Å². The van der Waals surface area contributed by atoms with E-state index in [-0.39, 0.29) is 0 Å². The molecule has 0 saturated carbocycles. The van der Waals surface area contributed by atoms with Crippen LogP contribution < -0.4 is 0 Å². The lowest BCUT2D eigenvalue weighted by atomic mass is 10.5. The van der Waals surface area contributed by atoms with Crippen LogP contribution >= 0.6 is 15.9 Å². The van der Waals surface area contributed by atoms with Crippen molar-refractivity contribution in [2.75, 3.05) is 18.5 Å². The molecule has 0 heterocycles. The molecule has 0 radical (unpaired) electrons. The average molecular weight is 179 g/mol. The largest absolute Gasteiger partial charge is 0.377 e. The summed E-state index contributed by atoms with van der Waals surface area (Å²) in [5.41, 5.74) is 0. The van der Waals surface area contributed by atoms with Crippen molar-refractivity contribution in [1.29, 1.82) is 0 Å². The molecule has 0 aliphatic rings. The van der Waals surface area contributed by atoms with Crippen LogP contribution in [0.3, 0.4) is 0 Å². The van der Waals surface area contributed by atoms with Crippen LogP contribution in [0.25, 0.3) is 0 Å². The van der Waals surface area contributed by atoms with Crippen molar-refractivity contribution < 1.29 is 4.74 Å². The van der Waals surface area contributed by atoms with Crippen LogP contribution in [-0.2, 0) is 4.74 Å². The molecule has 2 heteroatoms. The highest BCUT2D eigenvalue weighted by atomic mass is 79.9. The summed E-state index contributed by atoms with van der Waals surface area (Å²) >= 11 is 3.25. The third kappa shape index (κ3) is 6.18. The standard InChI is InChI=1S/C6H11BrO/c1-2-3-5-8-6-4-7/h2-3H,4-6H2,1H3. The minimum atomic E-state index is 0.738. The van der Waals surface area contributed by atoms with E-state index in [4.69, 9.17) is 4.74 Å². The quantitative estimate of drug-likeness (QED) is 0.364. The third-order valence-electron chi connectivity index (χ3n) is 0.671. The summed E-state index contributed by atoms with van der Waals surface area (Å²) in [6, 6.07) is 0. The van der Waals surface area contributed by atoms with Crippen LogP contribution in [0.1, 0.15) is 6.92 Å². The van der Waals surface area contributed by atoms with E-state index in [2.05, 4.69) is 15.9 Å². The second-order valence-electron chi connectivity index (χ2n) is 1.33. The van der Waals surface area contributed by atoms with Crippen LogP contribution in [0.5, 0.6) is 0 Å². The van der Waals surface area contributed by atoms with E-state index < -0.39 is 0 Å². The molecular weight excluding hydrogens is 168 g/mol. The smallest absolute Gasteiger partial charge is 0.0647 e. The number of hydrogen-bond donors (Lipinski definition) is 0. The highest BCUT2D eigenvalue weighted by Crippen LogP contribution is 1.81. The van der Waals surface area contributed by atoms with Crippen molar-refractivity contribution in [1.82, 2.24) is 0 Å². The molecule has 0 spiro atoms. The Morgan fingerprint density at radius 2 is 2.38 bits per heavy atom. The van der Waals surface area contributed by atoms with Crippen LogP contribution in [0.15, 0.2) is 12.2 Å². The minimum Gasteiger partial charge on any atom is -0.377 e. The number of ether oxygens (including phenoxy) is 1. The molecule has 0 aliphatic heterocycles. The maximum atomic E-state index is 5.09. The van der Waals surface area contributed by atoms with Gasteiger partial charge in [-0.3, -0.25) is 0 Å². The first-order valence-corrected chi connectivity index (χ1v) is 3.79. The Labute approximate surface area is 58.9 Å². The second kappa shape index (κ2) is 7.18. The zero-order chi connectivity index (χ0) is 6.24. The second-order valence-corrected chi connectivity index (χ2v) is 2.13. The van der Waals surface area contributed by atoms with Gasteiger partial charge in [0.25, 0.3) is 0 Å². The summed E-state index contributed by atoms with van der Waals surface area (Å²) < 4.78 is 5.09. The summed E-state index contributed by atoms with van der Waals surface area (Å²) in [6.07, 6.45) is 3.97. The molecule has 0 aromatic rings. The van der Waals surface area contributed by atoms with E-state index in [1.165, 1.54) is 0 Å². The Morgan fingerprint density at radius 1 is 1.62 bits per heavy atom. The lowest BCUT2D eigenvalue weighted by molar-refractivity contribution is 0.181. The fourth-order valence-electron chi connectivity index (χ4n) is 0.302. The first kappa shape index (κ1) is 8.18. The molecule has 0 saturated heterocycles. The Morgan fingerprint density at radius 3 is 2.88 bits per heavy atom. The van der Waals surface area contributed by atoms with E-state index in [1.807, 2.05) is 19.1 Å². The average Bonchev–Trinajstić information content (AvgIpc) is 1.81. The van der Waals surface area contributed by atoms with E-state index >= 15 is 0 Å². The maximum absolute atomic E-state index is 5.09. The molecule has 48 valence electrons. The lowest BCUT2D eigenvalue weighted by Crippen LogP contribution is -1.93. The van der Waals surface area contributed by atoms with Crippen molar-refractivity contribution in [3.63, 3.8) is 0 Å². The summed E-state index contributed by atoms with van der Waals surface area (Å²) in [6.45, 7) is 3.52. The van der Waals surface area contributed by atoms with Gasteiger partial charge < -0.3 is 4.74 Å². The van der Waals surface area contributed by atoms with Gasteiger partial charge in [0.1, 0.15) is 0 Å². The molecule has 0 bridgehead atoms. The van der Waals surface area contributed by atoms with Gasteiger partial charge in [-0.25, -0.2) is 0 Å². The molecule has 0 unspecified atom stereocenters. The van der Waals surface area contributed by atoms with Crippen LogP contribution in [-0.4, -0.2) is 18.5 Å². The maximum Gasteiger partial charge on any atom is 0.0647 e. The van der Waals surface area contributed by atoms with Gasteiger partial charge in [-0.1, -0.05) is 28.1 Å². The molecule has 0 atom stereocenters. The van der Waals surface area contributed by atoms with Crippen molar-refractivity contribution >= 4 is 15.9 Å².